The second-order valence-electron chi connectivity index (χ2n) is 11.8. The molecule has 0 radical (unpaired) electrons. The first kappa shape index (κ1) is 27.8. The van der Waals surface area contributed by atoms with Gasteiger partial charge in [0.25, 0.3) is 0 Å². The topological polar surface area (TPSA) is 63.9 Å². The molecule has 1 aliphatic heterocycles. The molecule has 6 heteroatoms. The van der Waals surface area contributed by atoms with Gasteiger partial charge in [-0.05, 0) is 125 Å². The summed E-state index contributed by atoms with van der Waals surface area (Å²) >= 11 is 0. The van der Waals surface area contributed by atoms with Gasteiger partial charge in [-0.15, -0.1) is 0 Å². The number of likely N-dealkylation sites (tertiary alicyclic amines) is 1. The fourth-order valence-electron chi connectivity index (χ4n) is 5.34. The maximum Gasteiger partial charge on any atom is 0.316 e. The van der Waals surface area contributed by atoms with E-state index in [0.717, 1.165) is 45.6 Å². The number of esters is 1. The Morgan fingerprint density at radius 2 is 1.57 bits per heavy atom. The summed E-state index contributed by atoms with van der Waals surface area (Å²) in [5.74, 6) is 1.40. The standard InChI is InChI=1S/C34H40N2O4/c1-24-30-22-27(37)12-17-31(30)36(32(24)26-10-15-29(16-11-26)40-33(38)34(2,3)4)23-25-8-13-28(14-9-25)39-21-20-35-18-6-5-7-19-35/h8-17,22,37H,5-7,18-21,23H2,1-4H3. The minimum Gasteiger partial charge on any atom is -0.508 e. The number of aromatic hydroxyl groups is 1. The Morgan fingerprint density at radius 3 is 2.25 bits per heavy atom. The molecule has 1 aliphatic rings. The minimum absolute atomic E-state index is 0.245. The van der Waals surface area contributed by atoms with Gasteiger partial charge >= 0.3 is 5.97 Å². The van der Waals surface area contributed by atoms with Crippen LogP contribution in [0.5, 0.6) is 17.2 Å². The van der Waals surface area contributed by atoms with Gasteiger partial charge in [0.1, 0.15) is 23.9 Å². The summed E-state index contributed by atoms with van der Waals surface area (Å²) in [6.45, 7) is 12.3. The van der Waals surface area contributed by atoms with E-state index in [2.05, 4.69) is 28.5 Å². The number of phenols is 1. The van der Waals surface area contributed by atoms with Crippen LogP contribution in [0.3, 0.4) is 0 Å². The van der Waals surface area contributed by atoms with E-state index in [4.69, 9.17) is 9.47 Å². The number of hydrogen-bond donors (Lipinski definition) is 1. The molecule has 4 aromatic rings. The van der Waals surface area contributed by atoms with E-state index in [1.54, 1.807) is 6.07 Å². The van der Waals surface area contributed by atoms with Crippen molar-refractivity contribution in [2.45, 2.75) is 53.5 Å². The Hall–Kier alpha value is -3.77. The maximum atomic E-state index is 12.3. The summed E-state index contributed by atoms with van der Waals surface area (Å²) in [7, 11) is 0. The van der Waals surface area contributed by atoms with Crippen LogP contribution in [-0.2, 0) is 11.3 Å². The third-order valence-corrected chi connectivity index (χ3v) is 7.64. The number of piperidine rings is 1. The van der Waals surface area contributed by atoms with Crippen molar-refractivity contribution >= 4 is 16.9 Å². The summed E-state index contributed by atoms with van der Waals surface area (Å²) in [4.78, 5) is 14.8. The molecule has 0 spiro atoms. The summed E-state index contributed by atoms with van der Waals surface area (Å²) in [5, 5.41) is 11.2. The number of phenolic OH excluding ortho intramolecular Hbond substituents is 1. The van der Waals surface area contributed by atoms with Crippen LogP contribution in [0.4, 0.5) is 0 Å². The van der Waals surface area contributed by atoms with Crippen LogP contribution >= 0.6 is 0 Å². The van der Waals surface area contributed by atoms with E-state index in [1.165, 1.54) is 32.4 Å². The Bertz CT molecular complexity index is 1460. The fraction of sp³-hybridized carbons (Fsp3) is 0.382. The number of nitrogens with zero attached hydrogens (tertiary/aromatic N) is 2. The highest BCUT2D eigenvalue weighted by atomic mass is 16.5. The van der Waals surface area contributed by atoms with Crippen molar-refractivity contribution < 1.29 is 19.4 Å². The molecule has 2 heterocycles. The van der Waals surface area contributed by atoms with E-state index in [0.29, 0.717) is 18.9 Å². The second-order valence-corrected chi connectivity index (χ2v) is 11.8. The zero-order valence-corrected chi connectivity index (χ0v) is 24.1. The third kappa shape index (κ3) is 6.34. The molecule has 1 saturated heterocycles. The van der Waals surface area contributed by atoms with Gasteiger partial charge in [0, 0.05) is 24.0 Å². The predicted octanol–water partition coefficient (Wildman–Crippen LogP) is 7.19. The third-order valence-electron chi connectivity index (χ3n) is 7.64. The molecule has 1 fully saturated rings. The highest BCUT2D eigenvalue weighted by Crippen LogP contribution is 2.36. The summed E-state index contributed by atoms with van der Waals surface area (Å²) in [6.07, 6.45) is 3.92. The van der Waals surface area contributed by atoms with Crippen molar-refractivity contribution in [1.29, 1.82) is 0 Å². The molecule has 0 amide bonds. The first-order valence-electron chi connectivity index (χ1n) is 14.3. The number of hydrogen-bond acceptors (Lipinski definition) is 5. The molecule has 0 aliphatic carbocycles. The molecule has 0 atom stereocenters. The van der Waals surface area contributed by atoms with E-state index < -0.39 is 5.41 Å². The molecule has 210 valence electrons. The van der Waals surface area contributed by atoms with Crippen LogP contribution in [0.1, 0.15) is 51.2 Å². The van der Waals surface area contributed by atoms with Gasteiger partial charge < -0.3 is 19.1 Å². The molecule has 0 unspecified atom stereocenters. The van der Waals surface area contributed by atoms with Crippen molar-refractivity contribution in [3.05, 3.63) is 77.9 Å². The number of ether oxygens (including phenoxy) is 2. The molecule has 40 heavy (non-hydrogen) atoms. The zero-order valence-electron chi connectivity index (χ0n) is 24.1. The van der Waals surface area contributed by atoms with Crippen LogP contribution in [0.25, 0.3) is 22.2 Å². The Balaban J connectivity index is 1.37. The van der Waals surface area contributed by atoms with Crippen LogP contribution < -0.4 is 9.47 Å². The number of rotatable bonds is 8. The molecule has 1 aromatic heterocycles. The lowest BCUT2D eigenvalue weighted by Gasteiger charge is -2.26. The van der Waals surface area contributed by atoms with Gasteiger partial charge in [-0.1, -0.05) is 18.6 Å². The lowest BCUT2D eigenvalue weighted by atomic mass is 9.97. The zero-order chi connectivity index (χ0) is 28.3. The van der Waals surface area contributed by atoms with Gasteiger partial charge in [0.15, 0.2) is 0 Å². The highest BCUT2D eigenvalue weighted by molar-refractivity contribution is 5.92. The largest absolute Gasteiger partial charge is 0.508 e. The minimum atomic E-state index is -0.572. The molecule has 6 nitrogen and oxygen atoms in total. The molecule has 0 bridgehead atoms. The summed E-state index contributed by atoms with van der Waals surface area (Å²) in [5.41, 5.74) is 4.80. The Morgan fingerprint density at radius 1 is 0.900 bits per heavy atom. The van der Waals surface area contributed by atoms with E-state index in [9.17, 15) is 9.90 Å². The van der Waals surface area contributed by atoms with Gasteiger partial charge in [-0.25, -0.2) is 0 Å². The van der Waals surface area contributed by atoms with Gasteiger partial charge in [-0.2, -0.15) is 0 Å². The highest BCUT2D eigenvalue weighted by Gasteiger charge is 2.24. The van der Waals surface area contributed by atoms with Crippen LogP contribution in [0.2, 0.25) is 0 Å². The predicted molar refractivity (Wildman–Crippen MR) is 160 cm³/mol. The fourth-order valence-corrected chi connectivity index (χ4v) is 5.34. The lowest BCUT2D eigenvalue weighted by Crippen LogP contribution is -2.33. The van der Waals surface area contributed by atoms with Crippen molar-refractivity contribution in [2.24, 2.45) is 5.41 Å². The molecular formula is C34H40N2O4. The van der Waals surface area contributed by atoms with Gasteiger partial charge in [0.2, 0.25) is 0 Å². The monoisotopic (exact) mass is 540 g/mol. The summed E-state index contributed by atoms with van der Waals surface area (Å²) < 4.78 is 13.9. The number of fused-ring (bicyclic) bond motifs is 1. The molecule has 5 rings (SSSR count). The van der Waals surface area contributed by atoms with E-state index >= 15 is 0 Å². The van der Waals surface area contributed by atoms with Crippen molar-refractivity contribution in [3.8, 4) is 28.5 Å². The van der Waals surface area contributed by atoms with Gasteiger partial charge in [0.05, 0.1) is 11.1 Å². The molecular weight excluding hydrogens is 500 g/mol. The normalized spacial score (nSPS) is 14.4. The Kier molecular flexibility index (Phi) is 8.17. The molecule has 1 N–H and O–H groups in total. The number of aryl methyl sites for hydroxylation is 1. The number of benzene rings is 3. The molecule has 3 aromatic carbocycles. The summed E-state index contributed by atoms with van der Waals surface area (Å²) in [6, 6.07) is 21.5. The van der Waals surface area contributed by atoms with Gasteiger partial charge in [-0.3, -0.25) is 9.69 Å². The van der Waals surface area contributed by atoms with Crippen molar-refractivity contribution in [3.63, 3.8) is 0 Å². The Labute approximate surface area is 237 Å². The number of aromatic nitrogens is 1. The smallest absolute Gasteiger partial charge is 0.316 e. The van der Waals surface area contributed by atoms with Crippen molar-refractivity contribution in [1.82, 2.24) is 9.47 Å². The van der Waals surface area contributed by atoms with Crippen LogP contribution in [-0.4, -0.2) is 46.8 Å². The maximum absolute atomic E-state index is 12.3. The van der Waals surface area contributed by atoms with Crippen LogP contribution in [0.15, 0.2) is 66.7 Å². The average molecular weight is 541 g/mol. The van der Waals surface area contributed by atoms with E-state index in [-0.39, 0.29) is 11.7 Å². The first-order chi connectivity index (χ1) is 19.2. The first-order valence-corrected chi connectivity index (χ1v) is 14.3. The molecule has 0 saturated carbocycles. The van der Waals surface area contributed by atoms with Crippen molar-refractivity contribution in [2.75, 3.05) is 26.2 Å². The van der Waals surface area contributed by atoms with Crippen LogP contribution in [0, 0.1) is 12.3 Å². The lowest BCUT2D eigenvalue weighted by molar-refractivity contribution is -0.142. The second kappa shape index (κ2) is 11.8. The number of carbonyl (C=O) groups is 1. The quantitative estimate of drug-likeness (QED) is 0.189. The average Bonchev–Trinajstić information content (AvgIpc) is 3.20. The van der Waals surface area contributed by atoms with E-state index in [1.807, 2.05) is 69.3 Å². The number of carbonyl (C=O) groups excluding carboxylic acids is 1. The SMILES string of the molecule is Cc1c(-c2ccc(OC(=O)C(C)(C)C)cc2)n(Cc2ccc(OCCN3CCCCC3)cc2)c2ccc(O)cc12.